The number of nitrogens with zero attached hydrogens (tertiary/aromatic N) is 4. The van der Waals surface area contributed by atoms with Crippen molar-refractivity contribution in [3.63, 3.8) is 0 Å². The predicted molar refractivity (Wildman–Crippen MR) is 110 cm³/mol. The summed E-state index contributed by atoms with van der Waals surface area (Å²) in [4.78, 5) is 12.9. The third-order valence-electron chi connectivity index (χ3n) is 5.16. The second kappa shape index (κ2) is 7.30. The number of hydrogen-bond acceptors (Lipinski definition) is 6. The van der Waals surface area contributed by atoms with Crippen molar-refractivity contribution in [1.82, 2.24) is 20.0 Å². The maximum atomic E-state index is 5.65. The van der Waals surface area contributed by atoms with E-state index < -0.39 is 0 Å². The van der Waals surface area contributed by atoms with Crippen LogP contribution in [-0.4, -0.2) is 26.6 Å². The van der Waals surface area contributed by atoms with Gasteiger partial charge < -0.3 is 4.52 Å². The van der Waals surface area contributed by atoms with Gasteiger partial charge in [-0.1, -0.05) is 41.6 Å². The zero-order chi connectivity index (χ0) is 18.9. The summed E-state index contributed by atoms with van der Waals surface area (Å²) in [6.45, 7) is 4.64. The molecule has 0 spiro atoms. The fraction of sp³-hybridized carbons (Fsp3) is 0.227. The normalized spacial score (nSPS) is 14.2. The van der Waals surface area contributed by atoms with Crippen molar-refractivity contribution < 1.29 is 4.52 Å². The minimum absolute atomic E-state index is 0.811. The Morgan fingerprint density at radius 2 is 2.04 bits per heavy atom. The minimum Gasteiger partial charge on any atom is -0.356 e. The van der Waals surface area contributed by atoms with Crippen LogP contribution in [0.4, 0.5) is 0 Å². The van der Waals surface area contributed by atoms with E-state index in [1.165, 1.54) is 11.3 Å². The van der Waals surface area contributed by atoms with E-state index in [-0.39, 0.29) is 0 Å². The lowest BCUT2D eigenvalue weighted by atomic mass is 10.0. The van der Waals surface area contributed by atoms with Gasteiger partial charge in [-0.05, 0) is 18.4 Å². The van der Waals surface area contributed by atoms with E-state index in [0.29, 0.717) is 0 Å². The number of aryl methyl sites for hydroxylation is 1. The molecule has 0 bridgehead atoms. The minimum atomic E-state index is 0.811. The fourth-order valence-corrected chi connectivity index (χ4v) is 4.31. The molecule has 5 rings (SSSR count). The molecule has 0 saturated heterocycles. The Labute approximate surface area is 167 Å². The van der Waals surface area contributed by atoms with Crippen molar-refractivity contribution in [2.75, 3.05) is 6.54 Å². The highest BCUT2D eigenvalue weighted by Gasteiger charge is 2.23. The Balaban J connectivity index is 1.37. The maximum Gasteiger partial charge on any atom is 0.171 e. The Hall–Kier alpha value is -2.83. The molecule has 1 aromatic carbocycles. The quantitative estimate of drug-likeness (QED) is 0.506. The van der Waals surface area contributed by atoms with Crippen molar-refractivity contribution in [3.8, 4) is 22.0 Å². The van der Waals surface area contributed by atoms with Crippen molar-refractivity contribution >= 4 is 11.3 Å². The topological polar surface area (TPSA) is 55.1 Å². The number of aromatic nitrogens is 3. The molecule has 28 heavy (non-hydrogen) atoms. The predicted octanol–water partition coefficient (Wildman–Crippen LogP) is 4.73. The SMILES string of the molecule is Cc1noc(-c2ccccc2)c1CN1CCc2nc(-c3cccs3)ncc2C1. The van der Waals surface area contributed by atoms with Gasteiger partial charge in [0.1, 0.15) is 0 Å². The molecule has 6 heteroatoms. The molecular weight excluding hydrogens is 368 g/mol. The van der Waals surface area contributed by atoms with E-state index in [2.05, 4.69) is 38.6 Å². The molecule has 4 heterocycles. The van der Waals surface area contributed by atoms with Crippen molar-refractivity contribution in [1.29, 1.82) is 0 Å². The molecule has 140 valence electrons. The lowest BCUT2D eigenvalue weighted by Gasteiger charge is -2.28. The summed E-state index contributed by atoms with van der Waals surface area (Å²) in [6.07, 6.45) is 2.92. The highest BCUT2D eigenvalue weighted by atomic mass is 32.1. The third kappa shape index (κ3) is 3.25. The van der Waals surface area contributed by atoms with Crippen LogP contribution in [-0.2, 0) is 19.5 Å². The largest absolute Gasteiger partial charge is 0.356 e. The average molecular weight is 388 g/mol. The van der Waals surface area contributed by atoms with E-state index in [1.54, 1.807) is 11.3 Å². The molecule has 0 radical (unpaired) electrons. The lowest BCUT2D eigenvalue weighted by Crippen LogP contribution is -2.31. The van der Waals surface area contributed by atoms with Crippen LogP contribution in [0.5, 0.6) is 0 Å². The van der Waals surface area contributed by atoms with Gasteiger partial charge >= 0.3 is 0 Å². The molecule has 1 aliphatic heterocycles. The van der Waals surface area contributed by atoms with Crippen LogP contribution in [0.15, 0.2) is 58.6 Å². The lowest BCUT2D eigenvalue weighted by molar-refractivity contribution is 0.242. The molecule has 0 amide bonds. The summed E-state index contributed by atoms with van der Waals surface area (Å²) < 4.78 is 5.65. The first-order valence-electron chi connectivity index (χ1n) is 9.39. The first-order chi connectivity index (χ1) is 13.8. The molecule has 0 N–H and O–H groups in total. The second-order valence-corrected chi connectivity index (χ2v) is 7.99. The Morgan fingerprint density at radius 3 is 2.86 bits per heavy atom. The van der Waals surface area contributed by atoms with Gasteiger partial charge in [0.15, 0.2) is 11.6 Å². The van der Waals surface area contributed by atoms with Crippen LogP contribution in [0.3, 0.4) is 0 Å². The maximum absolute atomic E-state index is 5.65. The van der Waals surface area contributed by atoms with Crippen LogP contribution >= 0.6 is 11.3 Å². The van der Waals surface area contributed by atoms with Crippen LogP contribution in [0, 0.1) is 6.92 Å². The summed E-state index contributed by atoms with van der Waals surface area (Å²) >= 11 is 1.68. The second-order valence-electron chi connectivity index (χ2n) is 7.05. The van der Waals surface area contributed by atoms with Gasteiger partial charge in [-0.2, -0.15) is 0 Å². The summed E-state index contributed by atoms with van der Waals surface area (Å²) in [6, 6.07) is 14.3. The molecule has 0 atom stereocenters. The van der Waals surface area contributed by atoms with E-state index in [1.807, 2.05) is 37.4 Å². The van der Waals surface area contributed by atoms with Gasteiger partial charge in [0.25, 0.3) is 0 Å². The van der Waals surface area contributed by atoms with Gasteiger partial charge in [-0.15, -0.1) is 11.3 Å². The van der Waals surface area contributed by atoms with E-state index in [0.717, 1.165) is 59.3 Å². The molecular formula is C22H20N4OS. The van der Waals surface area contributed by atoms with Gasteiger partial charge in [0.05, 0.1) is 16.3 Å². The highest BCUT2D eigenvalue weighted by molar-refractivity contribution is 7.13. The van der Waals surface area contributed by atoms with Crippen LogP contribution in [0.1, 0.15) is 22.5 Å². The summed E-state index contributed by atoms with van der Waals surface area (Å²) in [5.74, 6) is 1.71. The molecule has 0 aliphatic carbocycles. The van der Waals surface area contributed by atoms with Crippen LogP contribution < -0.4 is 0 Å². The molecule has 0 fully saturated rings. The van der Waals surface area contributed by atoms with Crippen molar-refractivity contribution in [2.45, 2.75) is 26.4 Å². The zero-order valence-corrected chi connectivity index (χ0v) is 16.4. The standard InChI is InChI=1S/C22H20N4OS/c1-15-18(21(27-25-15)16-6-3-2-4-7-16)14-26-10-9-19-17(13-26)12-23-22(24-19)20-8-5-11-28-20/h2-8,11-12H,9-10,13-14H2,1H3. The molecule has 3 aromatic heterocycles. The Kier molecular flexibility index (Phi) is 4.50. The number of rotatable bonds is 4. The summed E-state index contributed by atoms with van der Waals surface area (Å²) in [5.41, 5.74) is 5.56. The number of hydrogen-bond donors (Lipinski definition) is 0. The first-order valence-corrected chi connectivity index (χ1v) is 10.3. The van der Waals surface area contributed by atoms with Crippen molar-refractivity contribution in [2.24, 2.45) is 0 Å². The van der Waals surface area contributed by atoms with Gasteiger partial charge in [-0.3, -0.25) is 4.90 Å². The van der Waals surface area contributed by atoms with E-state index in [4.69, 9.17) is 9.51 Å². The number of fused-ring (bicyclic) bond motifs is 1. The zero-order valence-electron chi connectivity index (χ0n) is 15.6. The Morgan fingerprint density at radius 1 is 1.14 bits per heavy atom. The summed E-state index contributed by atoms with van der Waals surface area (Å²) in [7, 11) is 0. The molecule has 0 saturated carbocycles. The number of thiophene rings is 1. The van der Waals surface area contributed by atoms with Gasteiger partial charge in [0.2, 0.25) is 0 Å². The van der Waals surface area contributed by atoms with E-state index in [9.17, 15) is 0 Å². The molecule has 4 aromatic rings. The smallest absolute Gasteiger partial charge is 0.171 e. The highest BCUT2D eigenvalue weighted by Crippen LogP contribution is 2.29. The third-order valence-corrected chi connectivity index (χ3v) is 6.02. The van der Waals surface area contributed by atoms with Gasteiger partial charge in [0, 0.05) is 48.9 Å². The van der Waals surface area contributed by atoms with E-state index >= 15 is 0 Å². The van der Waals surface area contributed by atoms with Crippen LogP contribution in [0.25, 0.3) is 22.0 Å². The fourth-order valence-electron chi connectivity index (χ4n) is 3.65. The average Bonchev–Trinajstić information content (AvgIpc) is 3.39. The molecule has 5 nitrogen and oxygen atoms in total. The van der Waals surface area contributed by atoms with Gasteiger partial charge in [-0.25, -0.2) is 9.97 Å². The summed E-state index contributed by atoms with van der Waals surface area (Å²) in [5, 5.41) is 6.28. The first kappa shape index (κ1) is 17.3. The monoisotopic (exact) mass is 388 g/mol. The molecule has 0 unspecified atom stereocenters. The van der Waals surface area contributed by atoms with Crippen molar-refractivity contribution in [3.05, 3.63) is 76.6 Å². The molecule has 1 aliphatic rings. The van der Waals surface area contributed by atoms with Crippen LogP contribution in [0.2, 0.25) is 0 Å². The Bertz CT molecular complexity index is 1090. The number of benzene rings is 1.